The fourth-order valence-corrected chi connectivity index (χ4v) is 2.48. The van der Waals surface area contributed by atoms with Crippen LogP contribution >= 0.6 is 11.6 Å². The number of rotatable bonds is 5. The molecule has 20 heavy (non-hydrogen) atoms. The van der Waals surface area contributed by atoms with Gasteiger partial charge in [-0.1, -0.05) is 35.9 Å². The third-order valence-corrected chi connectivity index (χ3v) is 3.64. The highest BCUT2D eigenvalue weighted by molar-refractivity contribution is 6.31. The van der Waals surface area contributed by atoms with Crippen LogP contribution in [-0.4, -0.2) is 18.6 Å². The maximum atomic E-state index is 6.20. The summed E-state index contributed by atoms with van der Waals surface area (Å²) in [5.41, 5.74) is 9.01. The van der Waals surface area contributed by atoms with Gasteiger partial charge in [0.05, 0.1) is 0 Å². The molecule has 0 aliphatic heterocycles. The van der Waals surface area contributed by atoms with Crippen molar-refractivity contribution in [2.24, 2.45) is 5.73 Å². The van der Waals surface area contributed by atoms with E-state index in [9.17, 15) is 0 Å². The van der Waals surface area contributed by atoms with Crippen LogP contribution < -0.4 is 10.6 Å². The van der Waals surface area contributed by atoms with E-state index in [1.807, 2.05) is 37.5 Å². The highest BCUT2D eigenvalue weighted by atomic mass is 35.5. The molecule has 2 rings (SSSR count). The van der Waals surface area contributed by atoms with Gasteiger partial charge in [0, 0.05) is 24.8 Å². The Bertz CT molecular complexity index is 584. The number of anilines is 1. The van der Waals surface area contributed by atoms with Gasteiger partial charge < -0.3 is 10.6 Å². The molecule has 0 saturated carbocycles. The van der Waals surface area contributed by atoms with E-state index in [0.29, 0.717) is 6.54 Å². The number of benzene rings is 1. The summed E-state index contributed by atoms with van der Waals surface area (Å²) in [4.78, 5) is 6.66. The van der Waals surface area contributed by atoms with Gasteiger partial charge in [-0.3, -0.25) is 0 Å². The maximum absolute atomic E-state index is 6.20. The summed E-state index contributed by atoms with van der Waals surface area (Å²) in [6, 6.07) is 10.0. The average Bonchev–Trinajstić information content (AvgIpc) is 2.42. The molecule has 0 saturated heterocycles. The first-order valence-corrected chi connectivity index (χ1v) is 7.09. The predicted molar refractivity (Wildman–Crippen MR) is 85.3 cm³/mol. The molecule has 1 aromatic carbocycles. The smallest absolute Gasteiger partial charge is 0.131 e. The lowest BCUT2D eigenvalue weighted by Crippen LogP contribution is -2.19. The molecule has 0 atom stereocenters. The number of nitrogens with two attached hydrogens (primary N) is 1. The molecule has 0 bridgehead atoms. The summed E-state index contributed by atoms with van der Waals surface area (Å²) < 4.78 is 0. The van der Waals surface area contributed by atoms with Gasteiger partial charge in [0.25, 0.3) is 0 Å². The number of hydrogen-bond donors (Lipinski definition) is 1. The highest BCUT2D eigenvalue weighted by Crippen LogP contribution is 2.22. The van der Waals surface area contributed by atoms with Crippen LogP contribution in [0.15, 0.2) is 36.5 Å². The molecule has 0 unspecified atom stereocenters. The Morgan fingerprint density at radius 3 is 2.70 bits per heavy atom. The highest BCUT2D eigenvalue weighted by Gasteiger charge is 2.09. The van der Waals surface area contributed by atoms with Crippen molar-refractivity contribution in [3.63, 3.8) is 0 Å². The summed E-state index contributed by atoms with van der Waals surface area (Å²) in [5.74, 6) is 0.977. The van der Waals surface area contributed by atoms with E-state index >= 15 is 0 Å². The number of aryl methyl sites for hydroxylation is 1. The molecule has 0 radical (unpaired) electrons. The van der Waals surface area contributed by atoms with Crippen LogP contribution in [-0.2, 0) is 13.0 Å². The predicted octanol–water partition coefficient (Wildman–Crippen LogP) is 3.18. The molecule has 2 N–H and O–H groups in total. The van der Waals surface area contributed by atoms with Crippen LogP contribution in [0, 0.1) is 6.92 Å². The second kappa shape index (κ2) is 6.73. The number of aromatic nitrogens is 1. The molecular formula is C16H20ClN3. The molecule has 0 fully saturated rings. The van der Waals surface area contributed by atoms with Crippen molar-refractivity contribution in [1.82, 2.24) is 4.98 Å². The van der Waals surface area contributed by atoms with E-state index < -0.39 is 0 Å². The van der Waals surface area contributed by atoms with E-state index in [1.165, 1.54) is 5.56 Å². The first-order chi connectivity index (χ1) is 9.61. The second-order valence-corrected chi connectivity index (χ2v) is 5.38. The normalized spacial score (nSPS) is 10.6. The van der Waals surface area contributed by atoms with Gasteiger partial charge >= 0.3 is 0 Å². The lowest BCUT2D eigenvalue weighted by Gasteiger charge is -2.21. The van der Waals surface area contributed by atoms with E-state index in [-0.39, 0.29) is 0 Å². The Kier molecular flexibility index (Phi) is 4.99. The zero-order chi connectivity index (χ0) is 14.5. The van der Waals surface area contributed by atoms with E-state index in [0.717, 1.165) is 34.9 Å². The molecule has 2 aromatic rings. The zero-order valence-electron chi connectivity index (χ0n) is 11.9. The molecule has 0 aliphatic rings. The number of hydrogen-bond acceptors (Lipinski definition) is 3. The topological polar surface area (TPSA) is 42.1 Å². The van der Waals surface area contributed by atoms with Gasteiger partial charge in [0.2, 0.25) is 0 Å². The zero-order valence-corrected chi connectivity index (χ0v) is 12.7. The van der Waals surface area contributed by atoms with Crippen molar-refractivity contribution in [3.05, 3.63) is 58.2 Å². The van der Waals surface area contributed by atoms with Crippen LogP contribution in [0.25, 0.3) is 0 Å². The molecule has 4 heteroatoms. The van der Waals surface area contributed by atoms with Crippen LogP contribution in [0.5, 0.6) is 0 Å². The van der Waals surface area contributed by atoms with Crippen molar-refractivity contribution in [2.75, 3.05) is 18.5 Å². The first kappa shape index (κ1) is 14.8. The molecular weight excluding hydrogens is 270 g/mol. The SMILES string of the molecule is Cc1cc(CCN)cnc1N(C)Cc1ccccc1Cl. The third-order valence-electron chi connectivity index (χ3n) is 3.27. The van der Waals surface area contributed by atoms with Crippen LogP contribution in [0.3, 0.4) is 0 Å². The minimum absolute atomic E-state index is 0.649. The van der Waals surface area contributed by atoms with Gasteiger partial charge in [0.1, 0.15) is 5.82 Å². The third kappa shape index (κ3) is 3.50. The Morgan fingerprint density at radius 2 is 2.05 bits per heavy atom. The minimum atomic E-state index is 0.649. The summed E-state index contributed by atoms with van der Waals surface area (Å²) in [6.45, 7) is 3.46. The van der Waals surface area contributed by atoms with Crippen LogP contribution in [0.2, 0.25) is 5.02 Å². The molecule has 0 spiro atoms. The Morgan fingerprint density at radius 1 is 1.30 bits per heavy atom. The lowest BCUT2D eigenvalue weighted by molar-refractivity contribution is 0.881. The average molecular weight is 290 g/mol. The van der Waals surface area contributed by atoms with Gasteiger partial charge in [-0.05, 0) is 42.6 Å². The number of halogens is 1. The molecule has 106 valence electrons. The number of nitrogens with zero attached hydrogens (tertiary/aromatic N) is 2. The monoisotopic (exact) mass is 289 g/mol. The summed E-state index contributed by atoms with van der Waals surface area (Å²) in [7, 11) is 2.03. The molecule has 0 amide bonds. The Hall–Kier alpha value is -1.58. The fourth-order valence-electron chi connectivity index (χ4n) is 2.29. The van der Waals surface area contributed by atoms with Crippen molar-refractivity contribution in [2.45, 2.75) is 19.9 Å². The Balaban J connectivity index is 2.17. The van der Waals surface area contributed by atoms with Crippen molar-refractivity contribution < 1.29 is 0 Å². The quantitative estimate of drug-likeness (QED) is 0.919. The first-order valence-electron chi connectivity index (χ1n) is 6.72. The van der Waals surface area contributed by atoms with Gasteiger partial charge in [-0.15, -0.1) is 0 Å². The summed E-state index contributed by atoms with van der Waals surface area (Å²) >= 11 is 6.20. The molecule has 1 aromatic heterocycles. The van der Waals surface area contributed by atoms with Crippen LogP contribution in [0.1, 0.15) is 16.7 Å². The summed E-state index contributed by atoms with van der Waals surface area (Å²) in [5, 5.41) is 0.789. The van der Waals surface area contributed by atoms with Gasteiger partial charge in [-0.25, -0.2) is 4.98 Å². The van der Waals surface area contributed by atoms with Crippen LogP contribution in [0.4, 0.5) is 5.82 Å². The standard InChI is InChI=1S/C16H20ClN3/c1-12-9-13(7-8-18)10-19-16(12)20(2)11-14-5-3-4-6-15(14)17/h3-6,9-10H,7-8,11,18H2,1-2H3. The largest absolute Gasteiger partial charge is 0.355 e. The van der Waals surface area contributed by atoms with E-state index in [4.69, 9.17) is 17.3 Å². The minimum Gasteiger partial charge on any atom is -0.355 e. The lowest BCUT2D eigenvalue weighted by atomic mass is 10.1. The fraction of sp³-hybridized carbons (Fsp3) is 0.312. The van der Waals surface area contributed by atoms with Gasteiger partial charge in [-0.2, -0.15) is 0 Å². The van der Waals surface area contributed by atoms with E-state index in [2.05, 4.69) is 22.9 Å². The Labute approximate surface area is 125 Å². The van der Waals surface area contributed by atoms with Gasteiger partial charge in [0.15, 0.2) is 0 Å². The van der Waals surface area contributed by atoms with Crippen molar-refractivity contribution in [3.8, 4) is 0 Å². The number of pyridine rings is 1. The second-order valence-electron chi connectivity index (χ2n) is 4.97. The van der Waals surface area contributed by atoms with E-state index in [1.54, 1.807) is 0 Å². The molecule has 1 heterocycles. The maximum Gasteiger partial charge on any atom is 0.131 e. The van der Waals surface area contributed by atoms with Crippen molar-refractivity contribution in [1.29, 1.82) is 0 Å². The molecule has 3 nitrogen and oxygen atoms in total. The van der Waals surface area contributed by atoms with Crippen molar-refractivity contribution >= 4 is 17.4 Å². The molecule has 0 aliphatic carbocycles. The summed E-state index contributed by atoms with van der Waals surface area (Å²) in [6.07, 6.45) is 2.76.